The van der Waals surface area contributed by atoms with Crippen molar-refractivity contribution < 1.29 is 28.9 Å². The van der Waals surface area contributed by atoms with Crippen molar-refractivity contribution in [3.8, 4) is 0 Å². The Morgan fingerprint density at radius 1 is 0.689 bits per heavy atom. The van der Waals surface area contributed by atoms with Gasteiger partial charge in [-0.3, -0.25) is 9.59 Å². The Morgan fingerprint density at radius 2 is 1.24 bits per heavy atom. The minimum absolute atomic E-state index is 0.0739. The fraction of sp³-hybridized carbons (Fsp3) is 0.897. The first kappa shape index (κ1) is 41.6. The molecule has 2 unspecified atom stereocenters. The summed E-state index contributed by atoms with van der Waals surface area (Å²) in [6, 6.07) is 0. The summed E-state index contributed by atoms with van der Waals surface area (Å²) in [7, 11) is 0. The van der Waals surface area contributed by atoms with Gasteiger partial charge in [0.1, 0.15) is 6.61 Å². The molecule has 1 rings (SSSR count). The highest BCUT2D eigenvalue weighted by Crippen LogP contribution is 2.30. The van der Waals surface area contributed by atoms with Crippen molar-refractivity contribution in [2.45, 2.75) is 206 Å². The number of esters is 2. The van der Waals surface area contributed by atoms with E-state index in [1.807, 2.05) is 0 Å². The first-order valence-corrected chi connectivity index (χ1v) is 19.2. The van der Waals surface area contributed by atoms with E-state index in [-0.39, 0.29) is 25.2 Å². The van der Waals surface area contributed by atoms with Crippen molar-refractivity contribution in [2.75, 3.05) is 13.2 Å². The van der Waals surface area contributed by atoms with Crippen LogP contribution in [-0.2, 0) is 23.8 Å². The number of ether oxygens (including phenoxy) is 3. The van der Waals surface area contributed by atoms with Crippen molar-refractivity contribution in [1.29, 1.82) is 0 Å². The normalized spacial score (nSPS) is 16.8. The molecule has 0 saturated carbocycles. The molecule has 0 amide bonds. The lowest BCUT2D eigenvalue weighted by atomic mass is 10.0. The molecule has 0 bridgehead atoms. The standard InChI is InChI=1S/C39H72O6/c1-4-5-6-7-18-23-28-36-37(45-36)29-24-19-16-21-25-30-38(41)43-33-35(32-40)44-39(42)31-26-20-15-13-11-9-8-10-12-14-17-22-27-34(2)3/h18,23,34-37,40H,4-17,19-22,24-33H2,1-3H3/b23-18-/t35-,36?,37?/m0/s1. The highest BCUT2D eigenvalue weighted by atomic mass is 16.6. The molecule has 6 nitrogen and oxygen atoms in total. The van der Waals surface area contributed by atoms with Crippen LogP contribution in [0.5, 0.6) is 0 Å². The van der Waals surface area contributed by atoms with E-state index in [4.69, 9.17) is 14.2 Å². The van der Waals surface area contributed by atoms with Crippen LogP contribution in [-0.4, -0.2) is 48.6 Å². The third kappa shape index (κ3) is 27.4. The summed E-state index contributed by atoms with van der Waals surface area (Å²) < 4.78 is 16.4. The lowest BCUT2D eigenvalue weighted by Crippen LogP contribution is -2.28. The average molecular weight is 637 g/mol. The number of epoxide rings is 1. The van der Waals surface area contributed by atoms with E-state index in [1.165, 1.54) is 96.3 Å². The summed E-state index contributed by atoms with van der Waals surface area (Å²) in [6.07, 6.45) is 34.3. The van der Waals surface area contributed by atoms with Crippen LogP contribution in [0.4, 0.5) is 0 Å². The number of rotatable bonds is 33. The van der Waals surface area contributed by atoms with Gasteiger partial charge in [-0.2, -0.15) is 0 Å². The van der Waals surface area contributed by atoms with Gasteiger partial charge in [-0.1, -0.05) is 148 Å². The van der Waals surface area contributed by atoms with Crippen molar-refractivity contribution in [3.63, 3.8) is 0 Å². The van der Waals surface area contributed by atoms with Crippen LogP contribution in [0.15, 0.2) is 12.2 Å². The second-order valence-corrected chi connectivity index (χ2v) is 13.9. The zero-order valence-corrected chi connectivity index (χ0v) is 29.8. The minimum atomic E-state index is -0.776. The third-order valence-corrected chi connectivity index (χ3v) is 8.91. The molecule has 1 fully saturated rings. The molecule has 0 aromatic heterocycles. The maximum Gasteiger partial charge on any atom is 0.306 e. The topological polar surface area (TPSA) is 85.4 Å². The molecule has 1 saturated heterocycles. The van der Waals surface area contributed by atoms with Crippen molar-refractivity contribution in [1.82, 2.24) is 0 Å². The Bertz CT molecular complexity index is 720. The van der Waals surface area contributed by atoms with Gasteiger partial charge in [-0.05, 0) is 44.4 Å². The predicted octanol–water partition coefficient (Wildman–Crippen LogP) is 10.6. The Morgan fingerprint density at radius 3 is 1.82 bits per heavy atom. The molecule has 0 radical (unpaired) electrons. The Labute approximate surface area is 277 Å². The zero-order chi connectivity index (χ0) is 32.8. The van der Waals surface area contributed by atoms with Gasteiger partial charge in [-0.15, -0.1) is 0 Å². The second-order valence-electron chi connectivity index (χ2n) is 13.9. The van der Waals surface area contributed by atoms with Crippen LogP contribution >= 0.6 is 0 Å². The molecule has 1 N–H and O–H groups in total. The maximum absolute atomic E-state index is 12.2. The van der Waals surface area contributed by atoms with E-state index in [0.717, 1.165) is 63.7 Å². The number of unbranched alkanes of at least 4 members (excludes halogenated alkanes) is 18. The number of carbonyl (C=O) groups excluding carboxylic acids is 2. The van der Waals surface area contributed by atoms with Crippen LogP contribution in [0.1, 0.15) is 188 Å². The highest BCUT2D eigenvalue weighted by molar-refractivity contribution is 5.70. The molecule has 45 heavy (non-hydrogen) atoms. The molecule has 1 heterocycles. The molecule has 3 atom stereocenters. The van der Waals surface area contributed by atoms with E-state index >= 15 is 0 Å². The molecule has 264 valence electrons. The monoisotopic (exact) mass is 637 g/mol. The number of carbonyl (C=O) groups is 2. The predicted molar refractivity (Wildman–Crippen MR) is 186 cm³/mol. The van der Waals surface area contributed by atoms with Gasteiger partial charge in [0.2, 0.25) is 0 Å². The molecule has 0 aromatic rings. The smallest absolute Gasteiger partial charge is 0.306 e. The minimum Gasteiger partial charge on any atom is -0.462 e. The zero-order valence-electron chi connectivity index (χ0n) is 29.8. The van der Waals surface area contributed by atoms with Crippen LogP contribution in [0.3, 0.4) is 0 Å². The molecular weight excluding hydrogens is 564 g/mol. The molecule has 1 aliphatic rings. The van der Waals surface area contributed by atoms with Crippen LogP contribution in [0.2, 0.25) is 0 Å². The molecule has 0 aromatic carbocycles. The van der Waals surface area contributed by atoms with Gasteiger partial charge in [0.15, 0.2) is 6.10 Å². The molecule has 6 heteroatoms. The van der Waals surface area contributed by atoms with Crippen LogP contribution in [0, 0.1) is 5.92 Å². The summed E-state index contributed by atoms with van der Waals surface area (Å²) in [6.45, 7) is 6.44. The van der Waals surface area contributed by atoms with Gasteiger partial charge in [0.25, 0.3) is 0 Å². The SMILES string of the molecule is CCCCC/C=C\CC1OC1CCCCCCCC(=O)OC[C@H](CO)OC(=O)CCCCCCCCCCCCCCC(C)C. The van der Waals surface area contributed by atoms with E-state index in [2.05, 4.69) is 32.9 Å². The second kappa shape index (κ2) is 30.0. The van der Waals surface area contributed by atoms with E-state index in [0.29, 0.717) is 25.0 Å². The molecular formula is C39H72O6. The van der Waals surface area contributed by atoms with Crippen molar-refractivity contribution in [3.05, 3.63) is 12.2 Å². The Kier molecular flexibility index (Phi) is 27.7. The average Bonchev–Trinajstić information content (AvgIpc) is 3.78. The van der Waals surface area contributed by atoms with Gasteiger partial charge >= 0.3 is 11.9 Å². The largest absolute Gasteiger partial charge is 0.462 e. The number of hydrogen-bond donors (Lipinski definition) is 1. The summed E-state index contributed by atoms with van der Waals surface area (Å²) in [5.41, 5.74) is 0. The fourth-order valence-corrected chi connectivity index (χ4v) is 5.86. The maximum atomic E-state index is 12.2. The first-order valence-electron chi connectivity index (χ1n) is 19.2. The highest BCUT2D eigenvalue weighted by Gasteiger charge is 2.36. The number of aliphatic hydroxyl groups excluding tert-OH is 1. The number of allylic oxidation sites excluding steroid dienone is 1. The quantitative estimate of drug-likeness (QED) is 0.0334. The first-order chi connectivity index (χ1) is 22.0. The number of aliphatic hydroxyl groups is 1. The van der Waals surface area contributed by atoms with Gasteiger partial charge in [0.05, 0.1) is 18.8 Å². The lowest BCUT2D eigenvalue weighted by molar-refractivity contribution is -0.161. The third-order valence-electron chi connectivity index (χ3n) is 8.91. The van der Waals surface area contributed by atoms with Gasteiger partial charge < -0.3 is 19.3 Å². The van der Waals surface area contributed by atoms with E-state index in [9.17, 15) is 14.7 Å². The van der Waals surface area contributed by atoms with Crippen molar-refractivity contribution >= 4 is 11.9 Å². The van der Waals surface area contributed by atoms with Crippen LogP contribution in [0.25, 0.3) is 0 Å². The summed E-state index contributed by atoms with van der Waals surface area (Å²) in [5.74, 6) is 0.230. The summed E-state index contributed by atoms with van der Waals surface area (Å²) >= 11 is 0. The Balaban J connectivity index is 1.88. The van der Waals surface area contributed by atoms with Crippen molar-refractivity contribution in [2.24, 2.45) is 5.92 Å². The molecule has 1 aliphatic heterocycles. The molecule has 0 aliphatic carbocycles. The van der Waals surface area contributed by atoms with E-state index in [1.54, 1.807) is 0 Å². The summed E-state index contributed by atoms with van der Waals surface area (Å²) in [4.78, 5) is 24.3. The lowest BCUT2D eigenvalue weighted by Gasteiger charge is -2.15. The van der Waals surface area contributed by atoms with Crippen LogP contribution < -0.4 is 0 Å². The Hall–Kier alpha value is -1.40. The molecule has 0 spiro atoms. The summed E-state index contributed by atoms with van der Waals surface area (Å²) in [5, 5.41) is 9.55. The van der Waals surface area contributed by atoms with Gasteiger partial charge in [-0.25, -0.2) is 0 Å². The fourth-order valence-electron chi connectivity index (χ4n) is 5.86. The number of hydrogen-bond acceptors (Lipinski definition) is 6. The van der Waals surface area contributed by atoms with E-state index < -0.39 is 6.10 Å². The van der Waals surface area contributed by atoms with Gasteiger partial charge in [0, 0.05) is 12.8 Å².